The number of hydrogen-bond donors (Lipinski definition) is 1. The Labute approximate surface area is 164 Å². The number of carbonyl (C=O) groups excluding carboxylic acids is 1. The SMILES string of the molecule is Cc1ccc(NC(=O)c2cnc3c(c(C)nn3CCCN(C)C)c2Cl)cc1. The standard InChI is InChI=1S/C20H24ClN5O/c1-13-6-8-15(9-7-13)23-20(27)16-12-22-19-17(18(16)21)14(2)24-26(19)11-5-10-25(3)4/h6-9,12H,5,10-11H2,1-4H3,(H,23,27). The van der Waals surface area contributed by atoms with Gasteiger partial charge in [0.25, 0.3) is 5.91 Å². The van der Waals surface area contributed by atoms with Gasteiger partial charge in [0.15, 0.2) is 5.65 Å². The number of hydrogen-bond acceptors (Lipinski definition) is 4. The number of rotatable bonds is 6. The molecule has 0 spiro atoms. The van der Waals surface area contributed by atoms with E-state index >= 15 is 0 Å². The van der Waals surface area contributed by atoms with Gasteiger partial charge in [0.1, 0.15) is 0 Å². The molecule has 1 amide bonds. The minimum absolute atomic E-state index is 0.280. The Bertz CT molecular complexity index is 963. The molecule has 2 aromatic heterocycles. The minimum Gasteiger partial charge on any atom is -0.322 e. The lowest BCUT2D eigenvalue weighted by atomic mass is 10.2. The largest absolute Gasteiger partial charge is 0.322 e. The molecule has 0 fully saturated rings. The first-order valence-corrected chi connectivity index (χ1v) is 9.29. The summed E-state index contributed by atoms with van der Waals surface area (Å²) in [5.41, 5.74) is 3.69. The summed E-state index contributed by atoms with van der Waals surface area (Å²) in [5, 5.41) is 8.55. The number of pyridine rings is 1. The van der Waals surface area contributed by atoms with Crippen LogP contribution >= 0.6 is 11.6 Å². The van der Waals surface area contributed by atoms with Gasteiger partial charge in [-0.25, -0.2) is 9.67 Å². The molecule has 0 aliphatic rings. The highest BCUT2D eigenvalue weighted by atomic mass is 35.5. The summed E-state index contributed by atoms with van der Waals surface area (Å²) in [6.45, 7) is 5.60. The van der Waals surface area contributed by atoms with Gasteiger partial charge in [-0.05, 0) is 53.0 Å². The molecule has 0 saturated heterocycles. The average molecular weight is 386 g/mol. The molecule has 142 valence electrons. The zero-order chi connectivity index (χ0) is 19.6. The fourth-order valence-corrected chi connectivity index (χ4v) is 3.32. The number of amides is 1. The van der Waals surface area contributed by atoms with Gasteiger partial charge in [0, 0.05) is 18.4 Å². The molecule has 0 aliphatic carbocycles. The van der Waals surface area contributed by atoms with Gasteiger partial charge in [-0.2, -0.15) is 5.10 Å². The second-order valence-electron chi connectivity index (χ2n) is 6.97. The van der Waals surface area contributed by atoms with Crippen molar-refractivity contribution in [2.24, 2.45) is 0 Å². The molecule has 7 heteroatoms. The lowest BCUT2D eigenvalue weighted by Crippen LogP contribution is -2.16. The number of halogens is 1. The molecule has 3 aromatic rings. The molecule has 27 heavy (non-hydrogen) atoms. The number of fused-ring (bicyclic) bond motifs is 1. The highest BCUT2D eigenvalue weighted by molar-refractivity contribution is 6.39. The summed E-state index contributed by atoms with van der Waals surface area (Å²) in [4.78, 5) is 19.3. The molecule has 0 aliphatic heterocycles. The van der Waals surface area contributed by atoms with E-state index in [0.717, 1.165) is 41.8 Å². The van der Waals surface area contributed by atoms with Crippen molar-refractivity contribution in [3.05, 3.63) is 52.3 Å². The van der Waals surface area contributed by atoms with Crippen LogP contribution in [0.2, 0.25) is 5.02 Å². The third kappa shape index (κ3) is 4.28. The molecule has 0 unspecified atom stereocenters. The van der Waals surface area contributed by atoms with Crippen molar-refractivity contribution in [1.82, 2.24) is 19.7 Å². The smallest absolute Gasteiger partial charge is 0.258 e. The van der Waals surface area contributed by atoms with Crippen molar-refractivity contribution in [3.63, 3.8) is 0 Å². The Hall–Kier alpha value is -2.44. The van der Waals surface area contributed by atoms with Gasteiger partial charge in [0.05, 0.1) is 21.7 Å². The number of nitrogens with zero attached hydrogens (tertiary/aromatic N) is 4. The maximum absolute atomic E-state index is 12.7. The van der Waals surface area contributed by atoms with Crippen LogP contribution < -0.4 is 5.32 Å². The lowest BCUT2D eigenvalue weighted by molar-refractivity contribution is 0.102. The van der Waals surface area contributed by atoms with E-state index in [1.54, 1.807) is 0 Å². The zero-order valence-electron chi connectivity index (χ0n) is 16.1. The maximum Gasteiger partial charge on any atom is 0.258 e. The Morgan fingerprint density at radius 1 is 1.22 bits per heavy atom. The molecule has 0 bridgehead atoms. The molecule has 2 heterocycles. The topological polar surface area (TPSA) is 63.1 Å². The Balaban J connectivity index is 1.87. The van der Waals surface area contributed by atoms with Crippen LogP contribution in [-0.4, -0.2) is 46.2 Å². The molecule has 0 radical (unpaired) electrons. The van der Waals surface area contributed by atoms with Crippen LogP contribution in [0.3, 0.4) is 0 Å². The zero-order valence-corrected chi connectivity index (χ0v) is 16.8. The first-order valence-electron chi connectivity index (χ1n) is 8.91. The molecular formula is C20H24ClN5O. The fourth-order valence-electron chi connectivity index (χ4n) is 2.96. The summed E-state index contributed by atoms with van der Waals surface area (Å²) in [5.74, 6) is -0.280. The molecule has 0 saturated carbocycles. The Morgan fingerprint density at radius 2 is 1.93 bits per heavy atom. The predicted molar refractivity (Wildman–Crippen MR) is 110 cm³/mol. The fraction of sp³-hybridized carbons (Fsp3) is 0.350. The van der Waals surface area contributed by atoms with Crippen LogP contribution in [0.25, 0.3) is 11.0 Å². The van der Waals surface area contributed by atoms with Crippen molar-refractivity contribution in [3.8, 4) is 0 Å². The molecule has 3 rings (SSSR count). The van der Waals surface area contributed by atoms with E-state index in [1.165, 1.54) is 6.20 Å². The second-order valence-corrected chi connectivity index (χ2v) is 7.35. The van der Waals surface area contributed by atoms with Crippen LogP contribution in [0.5, 0.6) is 0 Å². The monoisotopic (exact) mass is 385 g/mol. The first-order chi connectivity index (χ1) is 12.9. The summed E-state index contributed by atoms with van der Waals surface area (Å²) in [7, 11) is 4.08. The van der Waals surface area contributed by atoms with Gasteiger partial charge >= 0.3 is 0 Å². The first kappa shape index (κ1) is 19.3. The predicted octanol–water partition coefficient (Wildman–Crippen LogP) is 3.91. The van der Waals surface area contributed by atoms with Crippen LogP contribution in [0.1, 0.15) is 28.0 Å². The highest BCUT2D eigenvalue weighted by Gasteiger charge is 2.19. The van der Waals surface area contributed by atoms with Crippen molar-refractivity contribution >= 4 is 34.2 Å². The Morgan fingerprint density at radius 3 is 2.59 bits per heavy atom. The highest BCUT2D eigenvalue weighted by Crippen LogP contribution is 2.29. The van der Waals surface area contributed by atoms with E-state index in [0.29, 0.717) is 16.2 Å². The van der Waals surface area contributed by atoms with Crippen LogP contribution in [-0.2, 0) is 6.54 Å². The van der Waals surface area contributed by atoms with E-state index in [4.69, 9.17) is 11.6 Å². The second kappa shape index (κ2) is 8.06. The van der Waals surface area contributed by atoms with Gasteiger partial charge in [-0.15, -0.1) is 0 Å². The van der Waals surface area contributed by atoms with Gasteiger partial charge in [-0.1, -0.05) is 29.3 Å². The molecule has 0 atom stereocenters. The van der Waals surface area contributed by atoms with Gasteiger partial charge < -0.3 is 10.2 Å². The molecule has 6 nitrogen and oxygen atoms in total. The van der Waals surface area contributed by atoms with Gasteiger partial charge in [-0.3, -0.25) is 4.79 Å². The Kier molecular flexibility index (Phi) is 5.77. The van der Waals surface area contributed by atoms with Crippen LogP contribution in [0.4, 0.5) is 5.69 Å². The lowest BCUT2D eigenvalue weighted by Gasteiger charge is -2.10. The third-order valence-corrected chi connectivity index (χ3v) is 4.79. The minimum atomic E-state index is -0.280. The summed E-state index contributed by atoms with van der Waals surface area (Å²) < 4.78 is 1.86. The van der Waals surface area contributed by atoms with E-state index < -0.39 is 0 Å². The number of anilines is 1. The van der Waals surface area contributed by atoms with Gasteiger partial charge in [0.2, 0.25) is 0 Å². The number of aromatic nitrogens is 3. The summed E-state index contributed by atoms with van der Waals surface area (Å²) in [6.07, 6.45) is 2.48. The molecule has 1 aromatic carbocycles. The van der Waals surface area contributed by atoms with Crippen LogP contribution in [0.15, 0.2) is 30.5 Å². The number of benzene rings is 1. The number of carbonyl (C=O) groups is 1. The van der Waals surface area contributed by atoms with E-state index in [-0.39, 0.29) is 5.91 Å². The molecular weight excluding hydrogens is 362 g/mol. The van der Waals surface area contributed by atoms with Crippen molar-refractivity contribution in [2.75, 3.05) is 26.0 Å². The maximum atomic E-state index is 12.7. The summed E-state index contributed by atoms with van der Waals surface area (Å²) >= 11 is 6.57. The third-order valence-electron chi connectivity index (χ3n) is 4.40. The average Bonchev–Trinajstić information content (AvgIpc) is 2.93. The van der Waals surface area contributed by atoms with E-state index in [1.807, 2.05) is 56.9 Å². The van der Waals surface area contributed by atoms with Crippen molar-refractivity contribution < 1.29 is 4.79 Å². The molecule has 1 N–H and O–H groups in total. The number of aryl methyl sites for hydroxylation is 3. The quantitative estimate of drug-likeness (QED) is 0.698. The van der Waals surface area contributed by atoms with Crippen LogP contribution in [0, 0.1) is 13.8 Å². The van der Waals surface area contributed by atoms with Crippen molar-refractivity contribution in [2.45, 2.75) is 26.8 Å². The normalized spacial score (nSPS) is 11.3. The number of nitrogens with one attached hydrogen (secondary N) is 1. The van der Waals surface area contributed by atoms with E-state index in [2.05, 4.69) is 20.3 Å². The summed E-state index contributed by atoms with van der Waals surface area (Å²) in [6, 6.07) is 7.61. The van der Waals surface area contributed by atoms with E-state index in [9.17, 15) is 4.79 Å². The van der Waals surface area contributed by atoms with Crippen molar-refractivity contribution in [1.29, 1.82) is 0 Å².